The van der Waals surface area contributed by atoms with Crippen molar-refractivity contribution < 1.29 is 33.0 Å². The highest BCUT2D eigenvalue weighted by atomic mass is 19.2. The Kier molecular flexibility index (Phi) is 8.56. The number of nitrogens with one attached hydrogen (secondary N) is 1. The number of urea groups is 1. The van der Waals surface area contributed by atoms with Gasteiger partial charge in [0.1, 0.15) is 11.6 Å². The number of methoxy groups -OCH3 is 1. The lowest BCUT2D eigenvalue weighted by molar-refractivity contribution is -0.141. The third-order valence-electron chi connectivity index (χ3n) is 7.17. The van der Waals surface area contributed by atoms with Gasteiger partial charge in [-0.15, -0.1) is 0 Å². The van der Waals surface area contributed by atoms with Crippen LogP contribution in [0.4, 0.5) is 13.6 Å². The summed E-state index contributed by atoms with van der Waals surface area (Å²) in [7, 11) is 1.16. The van der Waals surface area contributed by atoms with Crippen LogP contribution in [0.5, 0.6) is 0 Å². The number of aliphatic hydroxyl groups is 1. The summed E-state index contributed by atoms with van der Waals surface area (Å²) in [5, 5.41) is 15.7. The van der Waals surface area contributed by atoms with E-state index in [1.54, 1.807) is 12.3 Å². The topological polar surface area (TPSA) is 115 Å². The van der Waals surface area contributed by atoms with Crippen LogP contribution in [0.25, 0.3) is 0 Å². The number of amides is 3. The van der Waals surface area contributed by atoms with Crippen molar-refractivity contribution in [3.8, 4) is 0 Å². The Labute approximate surface area is 224 Å². The van der Waals surface area contributed by atoms with Crippen LogP contribution < -0.4 is 5.32 Å². The zero-order valence-corrected chi connectivity index (χ0v) is 21.8. The van der Waals surface area contributed by atoms with Crippen molar-refractivity contribution in [3.05, 3.63) is 76.8 Å². The zero-order valence-electron chi connectivity index (χ0n) is 21.8. The van der Waals surface area contributed by atoms with Gasteiger partial charge in [0.2, 0.25) is 6.41 Å². The lowest BCUT2D eigenvalue weighted by atomic mass is 9.87. The lowest BCUT2D eigenvalue weighted by Crippen LogP contribution is -2.56. The van der Waals surface area contributed by atoms with Gasteiger partial charge in [-0.1, -0.05) is 12.1 Å². The van der Waals surface area contributed by atoms with Gasteiger partial charge in [-0.3, -0.25) is 14.8 Å². The van der Waals surface area contributed by atoms with Gasteiger partial charge in [-0.05, 0) is 62.6 Å². The molecule has 0 aliphatic carbocycles. The van der Waals surface area contributed by atoms with Crippen LogP contribution in [0.3, 0.4) is 0 Å². The number of esters is 1. The molecule has 2 aromatic rings. The van der Waals surface area contributed by atoms with Crippen LogP contribution in [-0.2, 0) is 19.9 Å². The average Bonchev–Trinajstić information content (AvgIpc) is 2.94. The third-order valence-corrected chi connectivity index (χ3v) is 7.17. The van der Waals surface area contributed by atoms with Crippen LogP contribution in [-0.4, -0.2) is 76.7 Å². The number of hydrazine groups is 1. The second-order valence-electron chi connectivity index (χ2n) is 9.59. The van der Waals surface area contributed by atoms with Gasteiger partial charge < -0.3 is 20.1 Å². The fraction of sp³-hybridized carbons (Fsp3) is 0.407. The molecule has 1 aromatic carbocycles. The molecule has 0 spiro atoms. The first-order valence-corrected chi connectivity index (χ1v) is 12.6. The minimum atomic E-state index is -1.23. The molecule has 12 heteroatoms. The molecule has 0 radical (unpaired) electrons. The van der Waals surface area contributed by atoms with Crippen LogP contribution in [0.2, 0.25) is 0 Å². The number of likely N-dealkylation sites (tertiary alicyclic amines) is 1. The van der Waals surface area contributed by atoms with Crippen LogP contribution in [0.15, 0.2) is 53.9 Å². The van der Waals surface area contributed by atoms with Gasteiger partial charge in [0.05, 0.1) is 18.4 Å². The van der Waals surface area contributed by atoms with Crippen LogP contribution in [0, 0.1) is 11.6 Å². The summed E-state index contributed by atoms with van der Waals surface area (Å²) in [5.41, 5.74) is -0.0942. The van der Waals surface area contributed by atoms with Crippen molar-refractivity contribution in [2.24, 2.45) is 0 Å². The molecule has 1 fully saturated rings. The number of hydrogen-bond donors (Lipinski definition) is 2. The molecule has 1 saturated heterocycles. The van der Waals surface area contributed by atoms with E-state index in [0.29, 0.717) is 51.0 Å². The maximum Gasteiger partial charge on any atom is 0.341 e. The largest absolute Gasteiger partial charge is 0.466 e. The number of piperidine rings is 1. The summed E-state index contributed by atoms with van der Waals surface area (Å²) in [5.74, 6) is -3.03. The summed E-state index contributed by atoms with van der Waals surface area (Å²) in [6, 6.07) is 6.55. The summed E-state index contributed by atoms with van der Waals surface area (Å²) < 4.78 is 32.8. The number of hydrogen-bond acceptors (Lipinski definition) is 7. The molecule has 10 nitrogen and oxygen atoms in total. The fourth-order valence-electron chi connectivity index (χ4n) is 5.07. The maximum absolute atomic E-state index is 14.2. The standard InChI is InChI=1S/C27H31F2N5O5/c1-18-23(25(36)39-2)24(19-7-8-20(28)21(29)16-19)34(26(37)31-18)33(17-35)13-5-12-32-14-9-27(38,10-15-32)22-6-3-4-11-30-22/h3-4,6-8,11,16-17,24,38H,5,9-10,12-15H2,1-2H3,(H,31,37). The van der Waals surface area contributed by atoms with Crippen molar-refractivity contribution in [2.45, 2.75) is 37.8 Å². The predicted octanol–water partition coefficient (Wildman–Crippen LogP) is 2.62. The second-order valence-corrected chi connectivity index (χ2v) is 9.59. The van der Waals surface area contributed by atoms with E-state index >= 15 is 0 Å². The van der Waals surface area contributed by atoms with Crippen molar-refractivity contribution >= 4 is 18.4 Å². The summed E-state index contributed by atoms with van der Waals surface area (Å²) >= 11 is 0. The Morgan fingerprint density at radius 3 is 2.62 bits per heavy atom. The highest BCUT2D eigenvalue weighted by molar-refractivity contribution is 5.95. The van der Waals surface area contributed by atoms with E-state index in [0.717, 1.165) is 29.3 Å². The Morgan fingerprint density at radius 1 is 1.26 bits per heavy atom. The number of carbonyl (C=O) groups is 3. The number of nitrogens with zero attached hydrogens (tertiary/aromatic N) is 4. The molecular weight excluding hydrogens is 512 g/mol. The van der Waals surface area contributed by atoms with E-state index in [2.05, 4.69) is 15.2 Å². The van der Waals surface area contributed by atoms with E-state index < -0.39 is 35.3 Å². The normalized spacial score (nSPS) is 19.5. The Balaban J connectivity index is 1.48. The molecule has 0 bridgehead atoms. The molecular formula is C27H31F2N5O5. The zero-order chi connectivity index (χ0) is 28.2. The summed E-state index contributed by atoms with van der Waals surface area (Å²) in [4.78, 5) is 44.4. The van der Waals surface area contributed by atoms with E-state index in [1.165, 1.54) is 13.0 Å². The molecule has 3 heterocycles. The molecule has 208 valence electrons. The highest BCUT2D eigenvalue weighted by Gasteiger charge is 2.42. The van der Waals surface area contributed by atoms with Gasteiger partial charge >= 0.3 is 12.0 Å². The predicted molar refractivity (Wildman–Crippen MR) is 135 cm³/mol. The number of halogens is 2. The molecule has 4 rings (SSSR count). The first-order chi connectivity index (χ1) is 18.7. The molecule has 0 saturated carbocycles. The number of carbonyl (C=O) groups excluding carboxylic acids is 3. The van der Waals surface area contributed by atoms with Crippen molar-refractivity contribution in [3.63, 3.8) is 0 Å². The second kappa shape index (κ2) is 11.9. The van der Waals surface area contributed by atoms with E-state index in [9.17, 15) is 28.3 Å². The molecule has 1 unspecified atom stereocenters. The van der Waals surface area contributed by atoms with Crippen LogP contribution >= 0.6 is 0 Å². The number of benzene rings is 1. The van der Waals surface area contributed by atoms with Gasteiger partial charge in [0.15, 0.2) is 11.6 Å². The van der Waals surface area contributed by atoms with Crippen LogP contribution in [0.1, 0.15) is 43.5 Å². The lowest BCUT2D eigenvalue weighted by Gasteiger charge is -2.42. The number of rotatable bonds is 9. The summed E-state index contributed by atoms with van der Waals surface area (Å²) in [6.45, 7) is 3.40. The molecule has 3 amide bonds. The SMILES string of the molecule is COC(=O)C1=C(C)NC(=O)N(N(C=O)CCCN2CCC(O)(c3ccccn3)CC2)C1c1ccc(F)c(F)c1. The van der Waals surface area contributed by atoms with Gasteiger partial charge in [0.25, 0.3) is 0 Å². The average molecular weight is 544 g/mol. The molecule has 2 aliphatic rings. The minimum absolute atomic E-state index is 0.0141. The van der Waals surface area contributed by atoms with Gasteiger partial charge in [-0.25, -0.2) is 23.4 Å². The highest BCUT2D eigenvalue weighted by Crippen LogP contribution is 2.36. The van der Waals surface area contributed by atoms with Crippen molar-refractivity contribution in [1.82, 2.24) is 25.2 Å². The number of aromatic nitrogens is 1. The Morgan fingerprint density at radius 2 is 2.00 bits per heavy atom. The monoisotopic (exact) mass is 543 g/mol. The summed E-state index contributed by atoms with van der Waals surface area (Å²) in [6.07, 6.45) is 3.57. The first kappa shape index (κ1) is 28.1. The Bertz CT molecular complexity index is 1250. The molecule has 1 aromatic heterocycles. The molecule has 1 atom stereocenters. The smallest absolute Gasteiger partial charge is 0.341 e. The van der Waals surface area contributed by atoms with E-state index in [-0.39, 0.29) is 23.4 Å². The minimum Gasteiger partial charge on any atom is -0.466 e. The number of allylic oxidation sites excluding steroid dienone is 1. The van der Waals surface area contributed by atoms with Gasteiger partial charge in [0, 0.05) is 31.5 Å². The molecule has 2 aliphatic heterocycles. The quantitative estimate of drug-likeness (QED) is 0.369. The van der Waals surface area contributed by atoms with E-state index in [1.807, 2.05) is 12.1 Å². The molecule has 2 N–H and O–H groups in total. The fourth-order valence-corrected chi connectivity index (χ4v) is 5.07. The third kappa shape index (κ3) is 5.91. The van der Waals surface area contributed by atoms with E-state index in [4.69, 9.17) is 4.74 Å². The molecule has 39 heavy (non-hydrogen) atoms. The maximum atomic E-state index is 14.2. The van der Waals surface area contributed by atoms with Crippen molar-refractivity contribution in [2.75, 3.05) is 33.3 Å². The number of pyridine rings is 1. The van der Waals surface area contributed by atoms with Gasteiger partial charge in [-0.2, -0.15) is 0 Å². The first-order valence-electron chi connectivity index (χ1n) is 12.6. The Hall–Kier alpha value is -3.90. The van der Waals surface area contributed by atoms with Crippen molar-refractivity contribution in [1.29, 1.82) is 0 Å². The number of ether oxygens (including phenoxy) is 1.